The second kappa shape index (κ2) is 6.67. The van der Waals surface area contributed by atoms with E-state index in [-0.39, 0.29) is 29.7 Å². The highest BCUT2D eigenvalue weighted by Crippen LogP contribution is 2.36. The van der Waals surface area contributed by atoms with Crippen LogP contribution in [0.25, 0.3) is 0 Å². The van der Waals surface area contributed by atoms with Gasteiger partial charge in [-0.1, -0.05) is 0 Å². The van der Waals surface area contributed by atoms with Crippen molar-refractivity contribution in [2.45, 2.75) is 45.6 Å². The van der Waals surface area contributed by atoms with E-state index in [1.54, 1.807) is 9.80 Å². The molecule has 2 fully saturated rings. The van der Waals surface area contributed by atoms with Crippen molar-refractivity contribution < 1.29 is 19.5 Å². The topological polar surface area (TPSA) is 77.9 Å². The minimum atomic E-state index is -0.867. The Kier molecular flexibility index (Phi) is 5.08. The molecule has 1 heterocycles. The van der Waals surface area contributed by atoms with Gasteiger partial charge in [-0.25, -0.2) is 0 Å². The van der Waals surface area contributed by atoms with Crippen LogP contribution in [0.15, 0.2) is 0 Å². The van der Waals surface area contributed by atoms with Crippen molar-refractivity contribution in [1.82, 2.24) is 9.80 Å². The lowest BCUT2D eigenvalue weighted by Crippen LogP contribution is -2.50. The van der Waals surface area contributed by atoms with E-state index in [2.05, 4.69) is 0 Å². The summed E-state index contributed by atoms with van der Waals surface area (Å²) < 4.78 is 0. The first-order valence-electron chi connectivity index (χ1n) is 8.11. The number of hydrogen-bond donors (Lipinski definition) is 1. The van der Waals surface area contributed by atoms with Gasteiger partial charge in [0.1, 0.15) is 0 Å². The number of aliphatic carboxylic acids is 1. The molecule has 6 heteroatoms. The van der Waals surface area contributed by atoms with E-state index in [4.69, 9.17) is 5.11 Å². The Hall–Kier alpha value is -1.59. The van der Waals surface area contributed by atoms with E-state index >= 15 is 0 Å². The summed E-state index contributed by atoms with van der Waals surface area (Å²) in [5.41, 5.74) is 0. The first-order chi connectivity index (χ1) is 10.3. The smallest absolute Gasteiger partial charge is 0.307 e. The van der Waals surface area contributed by atoms with E-state index in [9.17, 15) is 14.4 Å². The van der Waals surface area contributed by atoms with Crippen LogP contribution in [0.4, 0.5) is 0 Å². The van der Waals surface area contributed by atoms with Crippen LogP contribution in [-0.2, 0) is 14.4 Å². The average molecular weight is 310 g/mol. The minimum absolute atomic E-state index is 0.0203. The summed E-state index contributed by atoms with van der Waals surface area (Å²) in [6.45, 7) is 5.09. The fourth-order valence-corrected chi connectivity index (χ4v) is 3.21. The number of likely N-dealkylation sites (tertiary alicyclic amines) is 1. The summed E-state index contributed by atoms with van der Waals surface area (Å²) >= 11 is 0. The molecule has 0 bridgehead atoms. The summed E-state index contributed by atoms with van der Waals surface area (Å²) in [5.74, 6) is -1.65. The molecule has 0 aromatic carbocycles. The fraction of sp³-hybridized carbons (Fsp3) is 0.812. The van der Waals surface area contributed by atoms with Gasteiger partial charge < -0.3 is 14.9 Å². The zero-order valence-corrected chi connectivity index (χ0v) is 13.6. The van der Waals surface area contributed by atoms with Gasteiger partial charge in [-0.05, 0) is 39.5 Å². The highest BCUT2D eigenvalue weighted by Gasteiger charge is 2.44. The molecule has 1 saturated heterocycles. The number of carboxylic acids is 1. The molecule has 2 atom stereocenters. The van der Waals surface area contributed by atoms with E-state index in [1.165, 1.54) is 0 Å². The number of amides is 2. The number of rotatable bonds is 4. The predicted octanol–water partition coefficient (Wildman–Crippen LogP) is 1.20. The third kappa shape index (κ3) is 3.25. The molecule has 6 nitrogen and oxygen atoms in total. The van der Waals surface area contributed by atoms with Gasteiger partial charge >= 0.3 is 5.97 Å². The molecule has 124 valence electrons. The molecule has 1 aliphatic heterocycles. The first kappa shape index (κ1) is 16.8. The lowest BCUT2D eigenvalue weighted by atomic mass is 9.72. The molecule has 2 aliphatic rings. The van der Waals surface area contributed by atoms with Gasteiger partial charge in [0.2, 0.25) is 11.8 Å². The largest absolute Gasteiger partial charge is 0.481 e. The third-order valence-corrected chi connectivity index (χ3v) is 5.19. The van der Waals surface area contributed by atoms with E-state index in [0.29, 0.717) is 38.8 Å². The number of nitrogens with zero attached hydrogens (tertiary/aromatic N) is 2. The summed E-state index contributed by atoms with van der Waals surface area (Å²) in [5, 5.41) is 9.06. The van der Waals surface area contributed by atoms with Crippen LogP contribution in [-0.4, -0.2) is 58.9 Å². The summed E-state index contributed by atoms with van der Waals surface area (Å²) in [6.07, 6.45) is 2.61. The van der Waals surface area contributed by atoms with Crippen LogP contribution in [0.2, 0.25) is 0 Å². The number of carboxylic acid groups (broad SMARTS) is 1. The van der Waals surface area contributed by atoms with Gasteiger partial charge in [0.25, 0.3) is 0 Å². The maximum absolute atomic E-state index is 12.4. The normalized spacial score (nSPS) is 25.7. The molecule has 2 rings (SSSR count). The Morgan fingerprint density at radius 2 is 1.59 bits per heavy atom. The van der Waals surface area contributed by atoms with Gasteiger partial charge in [0.15, 0.2) is 0 Å². The number of piperidine rings is 1. The highest BCUT2D eigenvalue weighted by atomic mass is 16.4. The van der Waals surface area contributed by atoms with Gasteiger partial charge in [0.05, 0.1) is 11.8 Å². The number of hydrogen-bond acceptors (Lipinski definition) is 3. The van der Waals surface area contributed by atoms with Crippen LogP contribution in [0, 0.1) is 17.8 Å². The Morgan fingerprint density at radius 1 is 1.05 bits per heavy atom. The summed E-state index contributed by atoms with van der Waals surface area (Å²) in [4.78, 5) is 39.2. The SMILES string of the molecule is CC(C)N(C)C(=O)C1CCN(C(=O)C2CCC2C(=O)O)CC1. The number of carbonyl (C=O) groups is 3. The fourth-order valence-electron chi connectivity index (χ4n) is 3.21. The molecule has 0 radical (unpaired) electrons. The Morgan fingerprint density at radius 3 is 2.00 bits per heavy atom. The molecule has 1 aliphatic carbocycles. The van der Waals surface area contributed by atoms with Crippen LogP contribution in [0.5, 0.6) is 0 Å². The molecule has 2 unspecified atom stereocenters. The van der Waals surface area contributed by atoms with Gasteiger partial charge in [0, 0.05) is 32.1 Å². The molecular formula is C16H26N2O4. The number of carbonyl (C=O) groups excluding carboxylic acids is 2. The molecular weight excluding hydrogens is 284 g/mol. The summed E-state index contributed by atoms with van der Waals surface area (Å²) in [7, 11) is 1.82. The lowest BCUT2D eigenvalue weighted by Gasteiger charge is -2.39. The van der Waals surface area contributed by atoms with Crippen LogP contribution in [0.3, 0.4) is 0 Å². The van der Waals surface area contributed by atoms with Crippen molar-refractivity contribution >= 4 is 17.8 Å². The lowest BCUT2D eigenvalue weighted by molar-refractivity contribution is -0.157. The van der Waals surface area contributed by atoms with Crippen LogP contribution < -0.4 is 0 Å². The van der Waals surface area contributed by atoms with Gasteiger partial charge in [-0.15, -0.1) is 0 Å². The predicted molar refractivity (Wildman–Crippen MR) is 81.1 cm³/mol. The molecule has 1 saturated carbocycles. The van der Waals surface area contributed by atoms with Crippen molar-refractivity contribution in [3.8, 4) is 0 Å². The van der Waals surface area contributed by atoms with Gasteiger partial charge in [-0.3, -0.25) is 14.4 Å². The Bertz CT molecular complexity index is 455. The maximum Gasteiger partial charge on any atom is 0.307 e. The van der Waals surface area contributed by atoms with E-state index in [1.807, 2.05) is 20.9 Å². The zero-order valence-electron chi connectivity index (χ0n) is 13.6. The summed E-state index contributed by atoms with van der Waals surface area (Å²) in [6, 6.07) is 0.179. The molecule has 0 spiro atoms. The molecule has 0 aromatic rings. The van der Waals surface area contributed by atoms with Crippen molar-refractivity contribution in [1.29, 1.82) is 0 Å². The molecule has 0 aromatic heterocycles. The second-order valence-electron chi connectivity index (χ2n) is 6.77. The maximum atomic E-state index is 12.4. The monoisotopic (exact) mass is 310 g/mol. The minimum Gasteiger partial charge on any atom is -0.481 e. The Balaban J connectivity index is 1.86. The zero-order chi connectivity index (χ0) is 16.4. The standard InChI is InChI=1S/C16H26N2O4/c1-10(2)17(3)14(19)11-6-8-18(9-7-11)15(20)12-4-5-13(12)16(21)22/h10-13H,4-9H2,1-3H3,(H,21,22). The van der Waals surface area contributed by atoms with Crippen LogP contribution >= 0.6 is 0 Å². The Labute approximate surface area is 131 Å². The molecule has 22 heavy (non-hydrogen) atoms. The first-order valence-corrected chi connectivity index (χ1v) is 8.11. The second-order valence-corrected chi connectivity index (χ2v) is 6.77. The van der Waals surface area contributed by atoms with Crippen molar-refractivity contribution in [3.05, 3.63) is 0 Å². The molecule has 2 amide bonds. The quantitative estimate of drug-likeness (QED) is 0.846. The van der Waals surface area contributed by atoms with Crippen LogP contribution in [0.1, 0.15) is 39.5 Å². The van der Waals surface area contributed by atoms with E-state index < -0.39 is 11.9 Å². The van der Waals surface area contributed by atoms with Crippen molar-refractivity contribution in [2.24, 2.45) is 17.8 Å². The van der Waals surface area contributed by atoms with Crippen molar-refractivity contribution in [2.75, 3.05) is 20.1 Å². The van der Waals surface area contributed by atoms with Gasteiger partial charge in [-0.2, -0.15) is 0 Å². The third-order valence-electron chi connectivity index (χ3n) is 5.19. The van der Waals surface area contributed by atoms with E-state index in [0.717, 1.165) is 0 Å². The highest BCUT2D eigenvalue weighted by molar-refractivity contribution is 5.86. The molecule has 1 N–H and O–H groups in total. The van der Waals surface area contributed by atoms with Crippen molar-refractivity contribution in [3.63, 3.8) is 0 Å². The average Bonchev–Trinajstić information content (AvgIpc) is 2.43.